The van der Waals surface area contributed by atoms with Gasteiger partial charge in [-0.2, -0.15) is 0 Å². The smallest absolute Gasteiger partial charge is 0.0386 e. The van der Waals surface area contributed by atoms with Crippen molar-refractivity contribution in [3.63, 3.8) is 0 Å². The van der Waals surface area contributed by atoms with Crippen LogP contribution < -0.4 is 5.73 Å². The van der Waals surface area contributed by atoms with Crippen LogP contribution in [0.3, 0.4) is 0 Å². The fourth-order valence-electron chi connectivity index (χ4n) is 4.43. The molecule has 18 heavy (non-hydrogen) atoms. The molecular formula is C15H31N3. The zero-order valence-electron chi connectivity index (χ0n) is 12.7. The number of likely N-dealkylation sites (tertiary alicyclic amines) is 1. The van der Waals surface area contributed by atoms with E-state index >= 15 is 0 Å². The molecule has 3 nitrogen and oxygen atoms in total. The van der Waals surface area contributed by atoms with Crippen LogP contribution in [0.25, 0.3) is 0 Å². The van der Waals surface area contributed by atoms with E-state index in [1.807, 2.05) is 0 Å². The summed E-state index contributed by atoms with van der Waals surface area (Å²) in [6.45, 7) is 8.11. The number of nitrogens with two attached hydrogens (primary N) is 1. The molecule has 2 rings (SSSR count). The maximum Gasteiger partial charge on any atom is 0.0386 e. The molecule has 1 saturated carbocycles. The van der Waals surface area contributed by atoms with Gasteiger partial charge in [-0.3, -0.25) is 4.90 Å². The molecule has 0 aromatic carbocycles. The molecule has 2 atom stereocenters. The number of hydrogen-bond acceptors (Lipinski definition) is 3. The number of likely N-dealkylation sites (N-methyl/N-ethyl adjacent to an activating group) is 1. The quantitative estimate of drug-likeness (QED) is 0.831. The average molecular weight is 253 g/mol. The van der Waals surface area contributed by atoms with Gasteiger partial charge in [-0.05, 0) is 51.7 Å². The lowest BCUT2D eigenvalue weighted by Crippen LogP contribution is -2.62. The first-order valence-corrected chi connectivity index (χ1v) is 7.54. The molecule has 2 unspecified atom stereocenters. The van der Waals surface area contributed by atoms with Gasteiger partial charge in [-0.25, -0.2) is 0 Å². The van der Waals surface area contributed by atoms with Crippen LogP contribution in [0.2, 0.25) is 0 Å². The van der Waals surface area contributed by atoms with Crippen LogP contribution in [0.1, 0.15) is 46.0 Å². The SMILES string of the molecule is CN(C)CC1CCCN1C1(CN)CCCC1(C)C. The molecule has 0 radical (unpaired) electrons. The second kappa shape index (κ2) is 5.10. The van der Waals surface area contributed by atoms with Gasteiger partial charge in [0.15, 0.2) is 0 Å². The third-order valence-electron chi connectivity index (χ3n) is 5.49. The Morgan fingerprint density at radius 2 is 1.94 bits per heavy atom. The third-order valence-corrected chi connectivity index (χ3v) is 5.49. The van der Waals surface area contributed by atoms with E-state index in [0.717, 1.165) is 6.54 Å². The largest absolute Gasteiger partial charge is 0.329 e. The summed E-state index contributed by atoms with van der Waals surface area (Å²) < 4.78 is 0. The maximum atomic E-state index is 6.26. The molecule has 2 aliphatic rings. The van der Waals surface area contributed by atoms with Crippen LogP contribution >= 0.6 is 0 Å². The molecule has 0 spiro atoms. The Bertz CT molecular complexity index is 287. The average Bonchev–Trinajstić information content (AvgIpc) is 2.82. The summed E-state index contributed by atoms with van der Waals surface area (Å²) >= 11 is 0. The zero-order valence-corrected chi connectivity index (χ0v) is 12.7. The number of nitrogens with zero attached hydrogens (tertiary/aromatic N) is 2. The van der Waals surface area contributed by atoms with E-state index in [0.29, 0.717) is 11.5 Å². The third kappa shape index (κ3) is 2.21. The highest BCUT2D eigenvalue weighted by Gasteiger charge is 2.53. The van der Waals surface area contributed by atoms with Gasteiger partial charge in [0.05, 0.1) is 0 Å². The summed E-state index contributed by atoms with van der Waals surface area (Å²) in [5.41, 5.74) is 6.89. The topological polar surface area (TPSA) is 32.5 Å². The number of rotatable bonds is 4. The van der Waals surface area contributed by atoms with Crippen LogP contribution in [-0.2, 0) is 0 Å². The lowest BCUT2D eigenvalue weighted by Gasteiger charge is -2.50. The Labute approximate surface area is 113 Å². The molecule has 2 fully saturated rings. The first kappa shape index (κ1) is 14.3. The Morgan fingerprint density at radius 1 is 1.22 bits per heavy atom. The molecule has 106 valence electrons. The zero-order chi connectivity index (χ0) is 13.4. The summed E-state index contributed by atoms with van der Waals surface area (Å²) in [5, 5.41) is 0. The van der Waals surface area contributed by atoms with Gasteiger partial charge >= 0.3 is 0 Å². The summed E-state index contributed by atoms with van der Waals surface area (Å²) in [5.74, 6) is 0. The monoisotopic (exact) mass is 253 g/mol. The molecule has 0 aromatic heterocycles. The van der Waals surface area contributed by atoms with E-state index in [9.17, 15) is 0 Å². The summed E-state index contributed by atoms with van der Waals surface area (Å²) in [4.78, 5) is 5.11. The fraction of sp³-hybridized carbons (Fsp3) is 1.00. The van der Waals surface area contributed by atoms with Crippen molar-refractivity contribution in [1.29, 1.82) is 0 Å². The first-order valence-electron chi connectivity index (χ1n) is 7.54. The van der Waals surface area contributed by atoms with Gasteiger partial charge in [0.2, 0.25) is 0 Å². The Hall–Kier alpha value is -0.120. The van der Waals surface area contributed by atoms with Crippen molar-refractivity contribution in [2.75, 3.05) is 33.7 Å². The fourth-order valence-corrected chi connectivity index (χ4v) is 4.43. The van der Waals surface area contributed by atoms with Crippen molar-refractivity contribution in [3.05, 3.63) is 0 Å². The van der Waals surface area contributed by atoms with Crippen LogP contribution in [0, 0.1) is 5.41 Å². The molecule has 0 amide bonds. The van der Waals surface area contributed by atoms with Crippen molar-refractivity contribution < 1.29 is 0 Å². The van der Waals surface area contributed by atoms with E-state index in [4.69, 9.17) is 5.73 Å². The van der Waals surface area contributed by atoms with Gasteiger partial charge < -0.3 is 10.6 Å². The molecule has 1 heterocycles. The van der Waals surface area contributed by atoms with Crippen molar-refractivity contribution >= 4 is 0 Å². The maximum absolute atomic E-state index is 6.26. The van der Waals surface area contributed by atoms with Gasteiger partial charge in [-0.15, -0.1) is 0 Å². The highest BCUT2D eigenvalue weighted by molar-refractivity contribution is 5.09. The molecule has 1 aliphatic heterocycles. The molecule has 0 bridgehead atoms. The van der Waals surface area contributed by atoms with Crippen molar-refractivity contribution in [2.45, 2.75) is 57.5 Å². The van der Waals surface area contributed by atoms with Crippen molar-refractivity contribution in [2.24, 2.45) is 11.1 Å². The van der Waals surface area contributed by atoms with Gasteiger partial charge in [0.1, 0.15) is 0 Å². The predicted molar refractivity (Wildman–Crippen MR) is 77.7 cm³/mol. The lowest BCUT2D eigenvalue weighted by atomic mass is 9.73. The highest BCUT2D eigenvalue weighted by Crippen LogP contribution is 2.51. The molecular weight excluding hydrogens is 222 g/mol. The van der Waals surface area contributed by atoms with Crippen LogP contribution in [-0.4, -0.2) is 55.1 Å². The van der Waals surface area contributed by atoms with Crippen LogP contribution in [0.5, 0.6) is 0 Å². The molecule has 1 saturated heterocycles. The van der Waals surface area contributed by atoms with Gasteiger partial charge in [0.25, 0.3) is 0 Å². The minimum Gasteiger partial charge on any atom is -0.329 e. The summed E-state index contributed by atoms with van der Waals surface area (Å²) in [6.07, 6.45) is 6.65. The highest BCUT2D eigenvalue weighted by atomic mass is 15.3. The second-order valence-electron chi connectivity index (χ2n) is 7.22. The standard InChI is InChI=1S/C15H31N3/c1-14(2)8-6-9-15(14,12-16)18-10-5-7-13(18)11-17(3)4/h13H,5-12,16H2,1-4H3. The molecule has 3 heteroatoms. The van der Waals surface area contributed by atoms with Crippen molar-refractivity contribution in [1.82, 2.24) is 9.80 Å². The minimum atomic E-state index is 0.254. The van der Waals surface area contributed by atoms with E-state index in [2.05, 4.69) is 37.7 Å². The Morgan fingerprint density at radius 3 is 2.44 bits per heavy atom. The van der Waals surface area contributed by atoms with Crippen molar-refractivity contribution in [3.8, 4) is 0 Å². The Balaban J connectivity index is 2.21. The Kier molecular flexibility index (Phi) is 4.05. The van der Waals surface area contributed by atoms with Gasteiger partial charge in [-0.1, -0.05) is 20.3 Å². The van der Waals surface area contributed by atoms with Gasteiger partial charge in [0, 0.05) is 24.7 Å². The predicted octanol–water partition coefficient (Wildman–Crippen LogP) is 1.92. The number of hydrogen-bond donors (Lipinski definition) is 1. The second-order valence-corrected chi connectivity index (χ2v) is 7.22. The van der Waals surface area contributed by atoms with Crippen LogP contribution in [0.15, 0.2) is 0 Å². The van der Waals surface area contributed by atoms with E-state index in [1.54, 1.807) is 0 Å². The van der Waals surface area contributed by atoms with Crippen LogP contribution in [0.4, 0.5) is 0 Å². The summed E-state index contributed by atoms with van der Waals surface area (Å²) in [7, 11) is 4.37. The van der Waals surface area contributed by atoms with E-state index in [-0.39, 0.29) is 5.54 Å². The summed E-state index contributed by atoms with van der Waals surface area (Å²) in [6, 6.07) is 0.709. The lowest BCUT2D eigenvalue weighted by molar-refractivity contribution is -0.00299. The molecule has 2 N–H and O–H groups in total. The van der Waals surface area contributed by atoms with E-state index in [1.165, 1.54) is 45.2 Å². The molecule has 0 aromatic rings. The molecule has 1 aliphatic carbocycles. The first-order chi connectivity index (χ1) is 8.43. The minimum absolute atomic E-state index is 0.254. The normalized spacial score (nSPS) is 36.7. The van der Waals surface area contributed by atoms with E-state index < -0.39 is 0 Å².